The Labute approximate surface area is 144 Å². The minimum Gasteiger partial charge on any atom is -0.378 e. The molecular weight excluding hydrogens is 337 g/mol. The van der Waals surface area contributed by atoms with Crippen LogP contribution in [-0.4, -0.2) is 0 Å². The maximum absolute atomic E-state index is 6.44. The van der Waals surface area contributed by atoms with Gasteiger partial charge in [0.2, 0.25) is 0 Å². The van der Waals surface area contributed by atoms with Crippen LogP contribution in [0.25, 0.3) is 0 Å². The van der Waals surface area contributed by atoms with Crippen molar-refractivity contribution in [2.45, 2.75) is 18.4 Å². The van der Waals surface area contributed by atoms with E-state index < -0.39 is 0 Å². The summed E-state index contributed by atoms with van der Waals surface area (Å²) in [5, 5.41) is 5.81. The van der Waals surface area contributed by atoms with Gasteiger partial charge in [0.15, 0.2) is 0 Å². The van der Waals surface area contributed by atoms with Crippen LogP contribution in [-0.2, 0) is 0 Å². The molecule has 0 aromatic heterocycles. The van der Waals surface area contributed by atoms with Crippen molar-refractivity contribution in [2.75, 3.05) is 5.32 Å². The zero-order chi connectivity index (χ0) is 15.3. The molecule has 0 radical (unpaired) electrons. The fraction of sp³-hybridized carbons (Fsp3) is 0.222. The molecule has 4 heteroatoms. The summed E-state index contributed by atoms with van der Waals surface area (Å²) in [6.45, 7) is 0. The maximum atomic E-state index is 6.44. The van der Waals surface area contributed by atoms with E-state index in [1.807, 2.05) is 24.3 Å². The molecule has 1 N–H and O–H groups in total. The van der Waals surface area contributed by atoms with Crippen molar-refractivity contribution in [1.82, 2.24) is 0 Å². The zero-order valence-electron chi connectivity index (χ0n) is 11.7. The quantitative estimate of drug-likeness (QED) is 0.581. The fourth-order valence-electron chi connectivity index (χ4n) is 3.63. The number of allylic oxidation sites excluding steroid dienone is 2. The predicted octanol–water partition coefficient (Wildman–Crippen LogP) is 6.47. The molecule has 2 aromatic carbocycles. The topological polar surface area (TPSA) is 12.0 Å². The number of anilines is 1. The van der Waals surface area contributed by atoms with Gasteiger partial charge in [0.1, 0.15) is 0 Å². The Kier molecular flexibility index (Phi) is 3.60. The van der Waals surface area contributed by atoms with Crippen molar-refractivity contribution in [3.8, 4) is 0 Å². The first-order valence-corrected chi connectivity index (χ1v) is 8.44. The lowest BCUT2D eigenvalue weighted by atomic mass is 9.77. The third-order valence-electron chi connectivity index (χ3n) is 4.62. The molecule has 0 fully saturated rings. The monoisotopic (exact) mass is 349 g/mol. The second-order valence-corrected chi connectivity index (χ2v) is 7.15. The molecule has 0 amide bonds. The first kappa shape index (κ1) is 14.4. The highest BCUT2D eigenvalue weighted by Gasteiger charge is 2.38. The average Bonchev–Trinajstić information content (AvgIpc) is 2.97. The summed E-state index contributed by atoms with van der Waals surface area (Å²) in [6.07, 6.45) is 5.58. The van der Waals surface area contributed by atoms with Crippen molar-refractivity contribution in [3.63, 3.8) is 0 Å². The van der Waals surface area contributed by atoms with Gasteiger partial charge in [-0.25, -0.2) is 0 Å². The molecule has 4 rings (SSSR count). The summed E-state index contributed by atoms with van der Waals surface area (Å²) < 4.78 is 0. The molecule has 2 aromatic rings. The Morgan fingerprint density at radius 3 is 2.50 bits per heavy atom. The van der Waals surface area contributed by atoms with Crippen LogP contribution in [0.15, 0.2) is 48.6 Å². The molecule has 1 aliphatic carbocycles. The molecule has 112 valence electrons. The Morgan fingerprint density at radius 1 is 0.909 bits per heavy atom. The second-order valence-electron chi connectivity index (χ2n) is 5.87. The highest BCUT2D eigenvalue weighted by atomic mass is 35.5. The first-order chi connectivity index (χ1) is 10.6. The Bertz CT molecular complexity index is 769. The van der Waals surface area contributed by atoms with E-state index in [2.05, 4.69) is 29.6 Å². The Balaban J connectivity index is 1.81. The molecule has 2 aliphatic rings. The molecule has 0 saturated heterocycles. The SMILES string of the molecule is Clc1ccc([C@H]2Nc3ccc(Cl)cc3[C@@H]3C=CC[C@@H]23)c(Cl)c1. The molecule has 1 heterocycles. The number of hydrogen-bond donors (Lipinski definition) is 1. The van der Waals surface area contributed by atoms with Gasteiger partial charge >= 0.3 is 0 Å². The van der Waals surface area contributed by atoms with Gasteiger partial charge in [0, 0.05) is 26.7 Å². The second kappa shape index (κ2) is 5.49. The molecule has 0 bridgehead atoms. The van der Waals surface area contributed by atoms with Gasteiger partial charge in [-0.2, -0.15) is 0 Å². The summed E-state index contributed by atoms with van der Waals surface area (Å²) in [5.74, 6) is 0.830. The largest absolute Gasteiger partial charge is 0.378 e. The molecule has 1 nitrogen and oxygen atoms in total. The lowest BCUT2D eigenvalue weighted by Gasteiger charge is -2.38. The highest BCUT2D eigenvalue weighted by Crippen LogP contribution is 2.51. The first-order valence-electron chi connectivity index (χ1n) is 7.31. The van der Waals surface area contributed by atoms with E-state index in [0.717, 1.165) is 22.7 Å². The molecule has 0 spiro atoms. The van der Waals surface area contributed by atoms with Gasteiger partial charge < -0.3 is 5.32 Å². The zero-order valence-corrected chi connectivity index (χ0v) is 14.0. The van der Waals surface area contributed by atoms with Gasteiger partial charge in [0.25, 0.3) is 0 Å². The predicted molar refractivity (Wildman–Crippen MR) is 94.3 cm³/mol. The molecule has 1 aliphatic heterocycles. The van der Waals surface area contributed by atoms with E-state index >= 15 is 0 Å². The van der Waals surface area contributed by atoms with Crippen molar-refractivity contribution < 1.29 is 0 Å². The minimum absolute atomic E-state index is 0.179. The van der Waals surface area contributed by atoms with Gasteiger partial charge in [0.05, 0.1) is 6.04 Å². The van der Waals surface area contributed by atoms with E-state index in [4.69, 9.17) is 34.8 Å². The maximum Gasteiger partial charge on any atom is 0.0568 e. The van der Waals surface area contributed by atoms with Crippen LogP contribution < -0.4 is 5.32 Å². The standard InChI is InChI=1S/C18H14Cl3N/c19-10-5-7-17-15(8-10)12-2-1-3-13(12)18(22-17)14-6-4-11(20)9-16(14)21/h1-2,4-9,12-13,18,22H,3H2/t12-,13-,18+/m1/s1. The summed E-state index contributed by atoms with van der Waals surface area (Å²) in [7, 11) is 0. The normalized spacial score (nSPS) is 25.5. The molecule has 0 unspecified atom stereocenters. The van der Waals surface area contributed by atoms with E-state index in [-0.39, 0.29) is 6.04 Å². The fourth-order valence-corrected chi connectivity index (χ4v) is 4.33. The Morgan fingerprint density at radius 2 is 1.68 bits per heavy atom. The van der Waals surface area contributed by atoms with Crippen molar-refractivity contribution >= 4 is 40.5 Å². The van der Waals surface area contributed by atoms with Gasteiger partial charge in [-0.3, -0.25) is 0 Å². The molecule has 0 saturated carbocycles. The number of halogens is 3. The minimum atomic E-state index is 0.179. The van der Waals surface area contributed by atoms with Gasteiger partial charge in [-0.1, -0.05) is 53.0 Å². The molecular formula is C18H14Cl3N. The van der Waals surface area contributed by atoms with Gasteiger partial charge in [-0.15, -0.1) is 0 Å². The number of rotatable bonds is 1. The van der Waals surface area contributed by atoms with E-state index in [9.17, 15) is 0 Å². The summed E-state index contributed by atoms with van der Waals surface area (Å²) >= 11 is 18.6. The van der Waals surface area contributed by atoms with Crippen molar-refractivity contribution in [2.24, 2.45) is 5.92 Å². The van der Waals surface area contributed by atoms with Crippen LogP contribution in [0.3, 0.4) is 0 Å². The van der Waals surface area contributed by atoms with E-state index in [1.165, 1.54) is 5.56 Å². The van der Waals surface area contributed by atoms with Gasteiger partial charge in [-0.05, 0) is 53.8 Å². The van der Waals surface area contributed by atoms with Crippen molar-refractivity contribution in [1.29, 1.82) is 0 Å². The number of benzene rings is 2. The van der Waals surface area contributed by atoms with Crippen LogP contribution in [0.2, 0.25) is 15.1 Å². The summed E-state index contributed by atoms with van der Waals surface area (Å²) in [4.78, 5) is 0. The van der Waals surface area contributed by atoms with Crippen LogP contribution in [0, 0.1) is 5.92 Å². The van der Waals surface area contributed by atoms with E-state index in [0.29, 0.717) is 21.9 Å². The van der Waals surface area contributed by atoms with E-state index in [1.54, 1.807) is 0 Å². The van der Waals surface area contributed by atoms with Crippen molar-refractivity contribution in [3.05, 3.63) is 74.7 Å². The highest BCUT2D eigenvalue weighted by molar-refractivity contribution is 6.35. The third-order valence-corrected chi connectivity index (χ3v) is 5.42. The summed E-state index contributed by atoms with van der Waals surface area (Å²) in [5.41, 5.74) is 3.51. The summed E-state index contributed by atoms with van der Waals surface area (Å²) in [6, 6.07) is 12.0. The molecule has 3 atom stereocenters. The lowest BCUT2D eigenvalue weighted by Crippen LogP contribution is -2.29. The number of fused-ring (bicyclic) bond motifs is 3. The third kappa shape index (κ3) is 2.32. The number of hydrogen-bond acceptors (Lipinski definition) is 1. The van der Waals surface area contributed by atoms with Crippen LogP contribution in [0.4, 0.5) is 5.69 Å². The van der Waals surface area contributed by atoms with Crippen LogP contribution in [0.1, 0.15) is 29.5 Å². The van der Waals surface area contributed by atoms with Crippen LogP contribution in [0.5, 0.6) is 0 Å². The average molecular weight is 351 g/mol. The number of nitrogens with one attached hydrogen (secondary N) is 1. The Hall–Kier alpha value is -1.15. The van der Waals surface area contributed by atoms with Crippen LogP contribution >= 0.6 is 34.8 Å². The molecule has 22 heavy (non-hydrogen) atoms. The smallest absolute Gasteiger partial charge is 0.0568 e. The lowest BCUT2D eigenvalue weighted by molar-refractivity contribution is 0.426.